The molecule has 10 nitrogen and oxygen atoms in total. The van der Waals surface area contributed by atoms with Crippen LogP contribution in [-0.2, 0) is 24.3 Å². The highest BCUT2D eigenvalue weighted by atomic mass is 32.2. The number of sulfonamides is 1. The number of hydrogen-bond donors (Lipinski definition) is 1. The second-order valence-corrected chi connectivity index (χ2v) is 10.2. The number of ether oxygens (including phenoxy) is 2. The second kappa shape index (κ2) is 10.1. The van der Waals surface area contributed by atoms with Gasteiger partial charge in [-0.3, -0.25) is 19.2 Å². The van der Waals surface area contributed by atoms with Gasteiger partial charge in [0.2, 0.25) is 21.1 Å². The summed E-state index contributed by atoms with van der Waals surface area (Å²) in [6.07, 6.45) is 1.02. The van der Waals surface area contributed by atoms with Crippen molar-refractivity contribution in [3.05, 3.63) is 23.8 Å². The van der Waals surface area contributed by atoms with Gasteiger partial charge in [-0.25, -0.2) is 8.42 Å². The molecule has 0 radical (unpaired) electrons. The number of nitrogens with zero attached hydrogens (tertiary/aromatic N) is 3. The largest absolute Gasteiger partial charge is 0.495 e. The maximum Gasteiger partial charge on any atom is 0.316 e. The van der Waals surface area contributed by atoms with Crippen LogP contribution in [0.5, 0.6) is 5.75 Å². The maximum absolute atomic E-state index is 12.8. The molecule has 1 aromatic heterocycles. The Kier molecular flexibility index (Phi) is 8.03. The van der Waals surface area contributed by atoms with Gasteiger partial charge in [-0.05, 0) is 31.5 Å². The highest BCUT2D eigenvalue weighted by Crippen LogP contribution is 2.33. The zero-order valence-corrected chi connectivity index (χ0v) is 19.5. The summed E-state index contributed by atoms with van der Waals surface area (Å²) >= 11 is 2.18. The quantitative estimate of drug-likeness (QED) is 0.329. The van der Waals surface area contributed by atoms with E-state index in [2.05, 4.69) is 20.3 Å². The minimum Gasteiger partial charge on any atom is -0.495 e. The lowest BCUT2D eigenvalue weighted by Crippen LogP contribution is -2.45. The number of nitrogens with one attached hydrogen (secondary N) is 1. The summed E-state index contributed by atoms with van der Waals surface area (Å²) in [6.45, 7) is 3.27. The molecular weight excluding hydrogens is 452 g/mol. The SMILES string of the molecule is COC(=O)CSc1nnc(NC(=O)[C@@H](C)N(c2cc(C)ccc2OC)S(C)(=O)=O)s1. The predicted molar refractivity (Wildman–Crippen MR) is 116 cm³/mol. The topological polar surface area (TPSA) is 128 Å². The number of carbonyl (C=O) groups excluding carboxylic acids is 2. The van der Waals surface area contributed by atoms with Crippen molar-refractivity contribution in [2.24, 2.45) is 0 Å². The van der Waals surface area contributed by atoms with Crippen LogP contribution in [0.15, 0.2) is 22.5 Å². The van der Waals surface area contributed by atoms with Crippen LogP contribution in [0.25, 0.3) is 0 Å². The van der Waals surface area contributed by atoms with Crippen LogP contribution in [0, 0.1) is 6.92 Å². The third kappa shape index (κ3) is 6.06. The fourth-order valence-corrected chi connectivity index (χ4v) is 5.22. The lowest BCUT2D eigenvalue weighted by molar-refractivity contribution is -0.137. The number of anilines is 2. The summed E-state index contributed by atoms with van der Waals surface area (Å²) in [4.78, 5) is 24.0. The summed E-state index contributed by atoms with van der Waals surface area (Å²) in [6, 6.07) is 3.97. The molecule has 13 heteroatoms. The minimum atomic E-state index is -3.82. The van der Waals surface area contributed by atoms with E-state index in [0.29, 0.717) is 10.1 Å². The Balaban J connectivity index is 2.23. The van der Waals surface area contributed by atoms with Gasteiger partial charge < -0.3 is 9.47 Å². The average molecular weight is 475 g/mol. The maximum atomic E-state index is 12.8. The van der Waals surface area contributed by atoms with Crippen molar-refractivity contribution < 1.29 is 27.5 Å². The minimum absolute atomic E-state index is 0.0600. The van der Waals surface area contributed by atoms with Crippen molar-refractivity contribution in [2.45, 2.75) is 24.2 Å². The number of esters is 1. The van der Waals surface area contributed by atoms with Crippen LogP contribution in [0.1, 0.15) is 12.5 Å². The number of aromatic nitrogens is 2. The summed E-state index contributed by atoms with van der Waals surface area (Å²) in [5.74, 6) is -0.622. The monoisotopic (exact) mass is 474 g/mol. The molecule has 0 bridgehead atoms. The smallest absolute Gasteiger partial charge is 0.316 e. The Hall–Kier alpha value is -2.38. The highest BCUT2D eigenvalue weighted by molar-refractivity contribution is 8.01. The molecule has 1 amide bonds. The molecule has 1 N–H and O–H groups in total. The van der Waals surface area contributed by atoms with Crippen LogP contribution in [0.3, 0.4) is 0 Å². The van der Waals surface area contributed by atoms with Gasteiger partial charge in [0.25, 0.3) is 0 Å². The van der Waals surface area contributed by atoms with Crippen molar-refractivity contribution in [3.63, 3.8) is 0 Å². The van der Waals surface area contributed by atoms with Gasteiger partial charge in [-0.1, -0.05) is 29.2 Å². The number of rotatable bonds is 9. The molecule has 1 atom stereocenters. The van der Waals surface area contributed by atoms with Crippen molar-refractivity contribution in [3.8, 4) is 5.75 Å². The Bertz CT molecular complexity index is 1020. The third-order valence-electron chi connectivity index (χ3n) is 3.84. The molecule has 0 aliphatic carbocycles. The van der Waals surface area contributed by atoms with E-state index in [9.17, 15) is 18.0 Å². The zero-order chi connectivity index (χ0) is 22.5. The molecule has 1 aromatic carbocycles. The van der Waals surface area contributed by atoms with Crippen molar-refractivity contribution >= 4 is 55.8 Å². The molecule has 0 aliphatic heterocycles. The molecule has 164 valence electrons. The van der Waals surface area contributed by atoms with Gasteiger partial charge in [-0.15, -0.1) is 10.2 Å². The standard InChI is InChI=1S/C17H22N4O6S3/c1-10-6-7-13(26-3)12(8-10)21(30(5,24)25)11(2)15(23)18-16-19-20-17(29-16)28-9-14(22)27-4/h6-8,11H,9H2,1-5H3,(H,18,19,23)/t11-/m1/s1. The van der Waals surface area contributed by atoms with Gasteiger partial charge >= 0.3 is 5.97 Å². The van der Waals surface area contributed by atoms with E-state index in [4.69, 9.17) is 4.74 Å². The molecule has 0 aliphatic rings. The van der Waals surface area contributed by atoms with Crippen LogP contribution in [0.2, 0.25) is 0 Å². The van der Waals surface area contributed by atoms with E-state index in [0.717, 1.165) is 39.2 Å². The van der Waals surface area contributed by atoms with E-state index < -0.39 is 27.9 Å². The third-order valence-corrected chi connectivity index (χ3v) is 7.01. The summed E-state index contributed by atoms with van der Waals surface area (Å²) in [7, 11) is -1.11. The number of aryl methyl sites for hydroxylation is 1. The molecular formula is C17H22N4O6S3. The molecule has 1 heterocycles. The number of amides is 1. The first kappa shape index (κ1) is 23.9. The normalized spacial score (nSPS) is 12.2. The number of methoxy groups -OCH3 is 2. The van der Waals surface area contributed by atoms with E-state index in [1.54, 1.807) is 18.2 Å². The second-order valence-electron chi connectivity index (χ2n) is 6.14. The Labute approximate surface area is 183 Å². The Morgan fingerprint density at radius 1 is 1.30 bits per heavy atom. The number of carbonyl (C=O) groups is 2. The molecule has 0 fully saturated rings. The first-order chi connectivity index (χ1) is 14.1. The lowest BCUT2D eigenvalue weighted by Gasteiger charge is -2.29. The molecule has 2 rings (SSSR count). The fourth-order valence-electron chi connectivity index (χ4n) is 2.46. The van der Waals surface area contributed by atoms with E-state index >= 15 is 0 Å². The van der Waals surface area contributed by atoms with Gasteiger partial charge in [0, 0.05) is 0 Å². The van der Waals surface area contributed by atoms with Crippen molar-refractivity contribution in [2.75, 3.05) is 35.9 Å². The summed E-state index contributed by atoms with van der Waals surface area (Å²) < 4.78 is 36.3. The van der Waals surface area contributed by atoms with Gasteiger partial charge in [0.05, 0.1) is 31.9 Å². The highest BCUT2D eigenvalue weighted by Gasteiger charge is 2.32. The summed E-state index contributed by atoms with van der Waals surface area (Å²) in [5.41, 5.74) is 1.07. The number of hydrogen-bond acceptors (Lipinski definition) is 10. The van der Waals surface area contributed by atoms with Crippen molar-refractivity contribution in [1.29, 1.82) is 0 Å². The molecule has 0 saturated carbocycles. The number of thioether (sulfide) groups is 1. The first-order valence-corrected chi connectivity index (χ1v) is 12.2. The Morgan fingerprint density at radius 3 is 2.60 bits per heavy atom. The van der Waals surface area contributed by atoms with Crippen LogP contribution in [0.4, 0.5) is 10.8 Å². The van der Waals surface area contributed by atoms with Gasteiger partial charge in [-0.2, -0.15) is 0 Å². The van der Waals surface area contributed by atoms with Crippen LogP contribution in [-0.4, -0.2) is 62.8 Å². The summed E-state index contributed by atoms with van der Waals surface area (Å²) in [5, 5.41) is 10.5. The number of benzene rings is 1. The van der Waals surface area contributed by atoms with Crippen molar-refractivity contribution in [1.82, 2.24) is 10.2 Å². The predicted octanol–water partition coefficient (Wildman–Crippen LogP) is 1.91. The average Bonchev–Trinajstić information content (AvgIpc) is 3.12. The lowest BCUT2D eigenvalue weighted by atomic mass is 10.2. The van der Waals surface area contributed by atoms with Gasteiger partial charge in [0.15, 0.2) is 4.34 Å². The van der Waals surface area contributed by atoms with Gasteiger partial charge in [0.1, 0.15) is 11.8 Å². The molecule has 0 saturated heterocycles. The van der Waals surface area contributed by atoms with Crippen LogP contribution >= 0.6 is 23.1 Å². The fraction of sp³-hybridized carbons (Fsp3) is 0.412. The van der Waals surface area contributed by atoms with E-state index in [1.807, 2.05) is 6.92 Å². The van der Waals surface area contributed by atoms with E-state index in [1.165, 1.54) is 21.1 Å². The Morgan fingerprint density at radius 2 is 2.00 bits per heavy atom. The zero-order valence-electron chi connectivity index (χ0n) is 17.0. The molecule has 0 unspecified atom stereocenters. The molecule has 30 heavy (non-hydrogen) atoms. The molecule has 0 spiro atoms. The molecule has 2 aromatic rings. The van der Waals surface area contributed by atoms with Crippen LogP contribution < -0.4 is 14.4 Å². The first-order valence-electron chi connectivity index (χ1n) is 8.54. The van der Waals surface area contributed by atoms with E-state index in [-0.39, 0.29) is 16.6 Å².